The minimum atomic E-state index is 0.177. The summed E-state index contributed by atoms with van der Waals surface area (Å²) in [7, 11) is 0. The highest BCUT2D eigenvalue weighted by Gasteiger charge is 2.19. The van der Waals surface area contributed by atoms with Gasteiger partial charge in [0.15, 0.2) is 0 Å². The lowest BCUT2D eigenvalue weighted by Gasteiger charge is -2.20. The lowest BCUT2D eigenvalue weighted by Crippen LogP contribution is -2.05. The minimum Gasteiger partial charge on any atom is -0.508 e. The van der Waals surface area contributed by atoms with Crippen LogP contribution in [0.4, 0.5) is 0 Å². The van der Waals surface area contributed by atoms with E-state index >= 15 is 0 Å². The molecular formula is C13H13NO. The van der Waals surface area contributed by atoms with Crippen LogP contribution in [0.25, 0.3) is 0 Å². The van der Waals surface area contributed by atoms with Crippen LogP contribution in [0.3, 0.4) is 0 Å². The second-order valence-corrected chi connectivity index (χ2v) is 3.85. The van der Waals surface area contributed by atoms with Gasteiger partial charge in [0.1, 0.15) is 5.75 Å². The van der Waals surface area contributed by atoms with Crippen LogP contribution < -0.4 is 0 Å². The summed E-state index contributed by atoms with van der Waals surface area (Å²) in [6.07, 6.45) is 5.13. The molecule has 2 rings (SSSR count). The molecule has 1 unspecified atom stereocenters. The van der Waals surface area contributed by atoms with Crippen molar-refractivity contribution < 1.29 is 5.11 Å². The lowest BCUT2D eigenvalue weighted by molar-refractivity contribution is 0.473. The molecular weight excluding hydrogens is 186 g/mol. The third-order valence-corrected chi connectivity index (χ3v) is 2.84. The predicted octanol–water partition coefficient (Wildman–Crippen LogP) is 3.11. The minimum absolute atomic E-state index is 0.177. The Hall–Kier alpha value is -1.75. The van der Waals surface area contributed by atoms with E-state index in [1.165, 1.54) is 0 Å². The van der Waals surface area contributed by atoms with Gasteiger partial charge in [-0.15, -0.1) is 0 Å². The number of nitriles is 1. The number of benzene rings is 1. The molecule has 1 aromatic rings. The van der Waals surface area contributed by atoms with Crippen molar-refractivity contribution in [2.24, 2.45) is 0 Å². The topological polar surface area (TPSA) is 44.0 Å². The Kier molecular flexibility index (Phi) is 2.73. The predicted molar refractivity (Wildman–Crippen MR) is 58.4 cm³/mol. The van der Waals surface area contributed by atoms with Crippen LogP contribution in [-0.2, 0) is 0 Å². The largest absolute Gasteiger partial charge is 0.508 e. The standard InChI is InChI=1S/C13H13NO/c14-9-11-4-1-2-7-13(11)10-5-3-6-12(15)8-10/h3-6,8,13,15H,1-2,7H2. The van der Waals surface area contributed by atoms with Crippen molar-refractivity contribution in [3.63, 3.8) is 0 Å². The third-order valence-electron chi connectivity index (χ3n) is 2.84. The van der Waals surface area contributed by atoms with Crippen molar-refractivity contribution in [1.82, 2.24) is 0 Å². The molecule has 2 heteroatoms. The van der Waals surface area contributed by atoms with Crippen LogP contribution in [0.2, 0.25) is 0 Å². The zero-order chi connectivity index (χ0) is 10.7. The Morgan fingerprint density at radius 1 is 1.40 bits per heavy atom. The van der Waals surface area contributed by atoms with E-state index in [1.54, 1.807) is 12.1 Å². The fourth-order valence-corrected chi connectivity index (χ4v) is 2.09. The van der Waals surface area contributed by atoms with Crippen LogP contribution in [0.1, 0.15) is 30.7 Å². The summed E-state index contributed by atoms with van der Waals surface area (Å²) in [5.41, 5.74) is 1.88. The van der Waals surface area contributed by atoms with Crippen LogP contribution in [0, 0.1) is 11.3 Å². The van der Waals surface area contributed by atoms with E-state index in [9.17, 15) is 5.11 Å². The maximum atomic E-state index is 9.40. The first-order valence-electron chi connectivity index (χ1n) is 5.20. The molecule has 1 aliphatic rings. The molecule has 0 amide bonds. The monoisotopic (exact) mass is 199 g/mol. The van der Waals surface area contributed by atoms with E-state index in [4.69, 9.17) is 5.26 Å². The Balaban J connectivity index is 2.34. The number of phenols is 1. The molecule has 1 aliphatic carbocycles. The molecule has 15 heavy (non-hydrogen) atoms. The third kappa shape index (κ3) is 2.02. The lowest BCUT2D eigenvalue weighted by atomic mass is 9.83. The molecule has 0 radical (unpaired) electrons. The van der Waals surface area contributed by atoms with Crippen molar-refractivity contribution in [2.75, 3.05) is 0 Å². The summed E-state index contributed by atoms with van der Waals surface area (Å²) >= 11 is 0. The molecule has 0 fully saturated rings. The summed E-state index contributed by atoms with van der Waals surface area (Å²) in [6, 6.07) is 9.46. The SMILES string of the molecule is N#CC1=CCCCC1c1cccc(O)c1. The maximum absolute atomic E-state index is 9.40. The fraction of sp³-hybridized carbons (Fsp3) is 0.308. The van der Waals surface area contributed by atoms with E-state index in [-0.39, 0.29) is 11.7 Å². The number of aromatic hydroxyl groups is 1. The molecule has 0 saturated carbocycles. The van der Waals surface area contributed by atoms with E-state index in [2.05, 4.69) is 6.07 Å². The Bertz CT molecular complexity index is 428. The Labute approximate surface area is 89.5 Å². The summed E-state index contributed by atoms with van der Waals surface area (Å²) in [6.45, 7) is 0. The highest BCUT2D eigenvalue weighted by molar-refractivity contribution is 5.40. The van der Waals surface area contributed by atoms with E-state index in [1.807, 2.05) is 18.2 Å². The first-order chi connectivity index (χ1) is 7.31. The van der Waals surface area contributed by atoms with Gasteiger partial charge in [-0.1, -0.05) is 18.2 Å². The maximum Gasteiger partial charge on any atom is 0.115 e. The van der Waals surface area contributed by atoms with Crippen LogP contribution in [0.5, 0.6) is 5.75 Å². The van der Waals surface area contributed by atoms with Gasteiger partial charge in [0.25, 0.3) is 0 Å². The van der Waals surface area contributed by atoms with Gasteiger partial charge in [0.05, 0.1) is 6.07 Å². The van der Waals surface area contributed by atoms with Gasteiger partial charge in [-0.3, -0.25) is 0 Å². The molecule has 2 nitrogen and oxygen atoms in total. The second kappa shape index (κ2) is 4.18. The van der Waals surface area contributed by atoms with Gasteiger partial charge in [0, 0.05) is 11.5 Å². The van der Waals surface area contributed by atoms with Crippen molar-refractivity contribution >= 4 is 0 Å². The molecule has 0 aromatic heterocycles. The van der Waals surface area contributed by atoms with Crippen molar-refractivity contribution in [1.29, 1.82) is 5.26 Å². The van der Waals surface area contributed by atoms with Crippen LogP contribution in [0.15, 0.2) is 35.9 Å². The number of rotatable bonds is 1. The van der Waals surface area contributed by atoms with E-state index in [0.29, 0.717) is 0 Å². The van der Waals surface area contributed by atoms with Gasteiger partial charge in [0.2, 0.25) is 0 Å². The van der Waals surface area contributed by atoms with Gasteiger partial charge in [-0.25, -0.2) is 0 Å². The first-order valence-corrected chi connectivity index (χ1v) is 5.20. The smallest absolute Gasteiger partial charge is 0.115 e. The average Bonchev–Trinajstić information content (AvgIpc) is 2.29. The fourth-order valence-electron chi connectivity index (χ4n) is 2.09. The normalized spacial score (nSPS) is 20.5. The van der Waals surface area contributed by atoms with E-state index in [0.717, 1.165) is 30.4 Å². The summed E-state index contributed by atoms with van der Waals surface area (Å²) < 4.78 is 0. The molecule has 0 spiro atoms. The molecule has 1 aromatic carbocycles. The van der Waals surface area contributed by atoms with Crippen molar-refractivity contribution in [2.45, 2.75) is 25.2 Å². The Morgan fingerprint density at radius 3 is 3.00 bits per heavy atom. The quantitative estimate of drug-likeness (QED) is 0.755. The number of hydrogen-bond acceptors (Lipinski definition) is 2. The first kappa shape index (κ1) is 9.79. The summed E-state index contributed by atoms with van der Waals surface area (Å²) in [5.74, 6) is 0.450. The number of allylic oxidation sites excluding steroid dienone is 2. The molecule has 76 valence electrons. The summed E-state index contributed by atoms with van der Waals surface area (Å²) in [4.78, 5) is 0. The summed E-state index contributed by atoms with van der Waals surface area (Å²) in [5, 5.41) is 18.4. The molecule has 1 N–H and O–H groups in total. The molecule has 0 aliphatic heterocycles. The van der Waals surface area contributed by atoms with Crippen LogP contribution >= 0.6 is 0 Å². The van der Waals surface area contributed by atoms with Crippen molar-refractivity contribution in [3.8, 4) is 11.8 Å². The van der Waals surface area contributed by atoms with Crippen LogP contribution in [-0.4, -0.2) is 5.11 Å². The number of hydrogen-bond donors (Lipinski definition) is 1. The second-order valence-electron chi connectivity index (χ2n) is 3.85. The van der Waals surface area contributed by atoms with Gasteiger partial charge in [-0.05, 0) is 37.0 Å². The number of phenolic OH excluding ortho intramolecular Hbond substituents is 1. The van der Waals surface area contributed by atoms with Gasteiger partial charge in [-0.2, -0.15) is 5.26 Å². The average molecular weight is 199 g/mol. The molecule has 0 heterocycles. The Morgan fingerprint density at radius 2 is 2.27 bits per heavy atom. The molecule has 0 saturated heterocycles. The van der Waals surface area contributed by atoms with Gasteiger partial charge < -0.3 is 5.11 Å². The van der Waals surface area contributed by atoms with Gasteiger partial charge >= 0.3 is 0 Å². The van der Waals surface area contributed by atoms with E-state index < -0.39 is 0 Å². The highest BCUT2D eigenvalue weighted by Crippen LogP contribution is 2.34. The zero-order valence-corrected chi connectivity index (χ0v) is 8.48. The molecule has 0 bridgehead atoms. The number of nitrogens with zero attached hydrogens (tertiary/aromatic N) is 1. The highest BCUT2D eigenvalue weighted by atomic mass is 16.3. The zero-order valence-electron chi connectivity index (χ0n) is 8.48. The van der Waals surface area contributed by atoms with Crippen molar-refractivity contribution in [3.05, 3.63) is 41.5 Å². The molecule has 1 atom stereocenters.